The Labute approximate surface area is 162 Å². The molecule has 0 radical (unpaired) electrons. The largest absolute Gasteiger partial charge is 0.497 e. The van der Waals surface area contributed by atoms with Gasteiger partial charge in [-0.2, -0.15) is 0 Å². The van der Waals surface area contributed by atoms with Crippen molar-refractivity contribution < 1.29 is 9.53 Å². The van der Waals surface area contributed by atoms with Crippen LogP contribution in [0.5, 0.6) is 5.75 Å². The van der Waals surface area contributed by atoms with Crippen LogP contribution in [0.15, 0.2) is 36.4 Å². The standard InChI is InChI=1S/C21H28N2O2.ClH/c1-21(22)11-5-4-6-19(21)20(24)23(2)14-15-7-8-17-13-18(25-3)10-9-16(17)12-15;/h7-10,12-13,19H,4-6,11,14,22H2,1-3H3;1H. The summed E-state index contributed by atoms with van der Waals surface area (Å²) in [5.41, 5.74) is 7.14. The van der Waals surface area contributed by atoms with E-state index in [0.717, 1.165) is 47.8 Å². The van der Waals surface area contributed by atoms with Crippen LogP contribution in [0, 0.1) is 5.92 Å². The number of rotatable bonds is 4. The van der Waals surface area contributed by atoms with Crippen LogP contribution < -0.4 is 10.5 Å². The lowest BCUT2D eigenvalue weighted by Crippen LogP contribution is -2.53. The molecule has 0 saturated heterocycles. The maximum Gasteiger partial charge on any atom is 0.227 e. The molecule has 0 heterocycles. The summed E-state index contributed by atoms with van der Waals surface area (Å²) in [6, 6.07) is 12.3. The summed E-state index contributed by atoms with van der Waals surface area (Å²) >= 11 is 0. The number of carbonyl (C=O) groups is 1. The Kier molecular flexibility index (Phi) is 6.53. The molecule has 2 atom stereocenters. The average Bonchev–Trinajstić information content (AvgIpc) is 2.60. The van der Waals surface area contributed by atoms with E-state index in [1.165, 1.54) is 0 Å². The number of hydrogen-bond donors (Lipinski definition) is 1. The van der Waals surface area contributed by atoms with Crippen LogP contribution in [0.3, 0.4) is 0 Å². The van der Waals surface area contributed by atoms with Crippen LogP contribution in [-0.4, -0.2) is 30.5 Å². The van der Waals surface area contributed by atoms with Crippen LogP contribution >= 0.6 is 12.4 Å². The molecule has 2 aromatic carbocycles. The number of nitrogens with zero attached hydrogens (tertiary/aromatic N) is 1. The number of hydrogen-bond acceptors (Lipinski definition) is 3. The SMILES string of the molecule is COc1ccc2cc(CN(C)C(=O)C3CCCCC3(C)N)ccc2c1.Cl. The van der Waals surface area contributed by atoms with Crippen LogP contribution in [0.1, 0.15) is 38.2 Å². The van der Waals surface area contributed by atoms with Gasteiger partial charge in [0.05, 0.1) is 13.0 Å². The number of nitrogens with two attached hydrogens (primary N) is 1. The molecule has 0 spiro atoms. The third-order valence-electron chi connectivity index (χ3n) is 5.46. The van der Waals surface area contributed by atoms with Gasteiger partial charge in [0.15, 0.2) is 0 Å². The van der Waals surface area contributed by atoms with E-state index >= 15 is 0 Å². The van der Waals surface area contributed by atoms with Crippen LogP contribution in [0.25, 0.3) is 10.8 Å². The Balaban J connectivity index is 0.00000243. The molecule has 5 heteroatoms. The molecule has 0 aliphatic heterocycles. The van der Waals surface area contributed by atoms with Gasteiger partial charge in [-0.1, -0.05) is 31.0 Å². The van der Waals surface area contributed by atoms with Crippen molar-refractivity contribution in [2.24, 2.45) is 11.7 Å². The van der Waals surface area contributed by atoms with Gasteiger partial charge in [0.2, 0.25) is 5.91 Å². The highest BCUT2D eigenvalue weighted by molar-refractivity contribution is 5.85. The highest BCUT2D eigenvalue weighted by Gasteiger charge is 2.39. The molecule has 2 N–H and O–H groups in total. The first-order valence-corrected chi connectivity index (χ1v) is 9.01. The maximum absolute atomic E-state index is 12.9. The number of benzene rings is 2. The van der Waals surface area contributed by atoms with Gasteiger partial charge in [0, 0.05) is 19.1 Å². The van der Waals surface area contributed by atoms with E-state index in [0.29, 0.717) is 6.54 Å². The normalized spacial score (nSPS) is 22.5. The topological polar surface area (TPSA) is 55.6 Å². The summed E-state index contributed by atoms with van der Waals surface area (Å²) in [5.74, 6) is 0.947. The molecule has 1 aliphatic rings. The number of halogens is 1. The first-order valence-electron chi connectivity index (χ1n) is 9.01. The van der Waals surface area contributed by atoms with Crippen molar-refractivity contribution in [3.63, 3.8) is 0 Å². The fourth-order valence-corrected chi connectivity index (χ4v) is 3.88. The summed E-state index contributed by atoms with van der Waals surface area (Å²) in [5, 5.41) is 2.29. The van der Waals surface area contributed by atoms with Gasteiger partial charge in [0.25, 0.3) is 0 Å². The van der Waals surface area contributed by atoms with Crippen molar-refractivity contribution in [3.8, 4) is 5.75 Å². The summed E-state index contributed by atoms with van der Waals surface area (Å²) in [6.07, 6.45) is 4.03. The molecular formula is C21H29ClN2O2. The molecule has 3 rings (SSSR count). The number of carbonyl (C=O) groups excluding carboxylic acids is 1. The third-order valence-corrected chi connectivity index (χ3v) is 5.46. The Bertz CT molecular complexity index is 776. The molecule has 26 heavy (non-hydrogen) atoms. The molecule has 2 unspecified atom stereocenters. The predicted molar refractivity (Wildman–Crippen MR) is 109 cm³/mol. The quantitative estimate of drug-likeness (QED) is 0.872. The number of fused-ring (bicyclic) bond motifs is 1. The zero-order valence-electron chi connectivity index (χ0n) is 15.8. The Morgan fingerprint density at radius 1 is 1.23 bits per heavy atom. The van der Waals surface area contributed by atoms with Gasteiger partial charge in [-0.25, -0.2) is 0 Å². The molecule has 1 aliphatic carbocycles. The minimum atomic E-state index is -0.385. The highest BCUT2D eigenvalue weighted by atomic mass is 35.5. The van der Waals surface area contributed by atoms with Crippen molar-refractivity contribution in [2.75, 3.05) is 14.2 Å². The summed E-state index contributed by atoms with van der Waals surface area (Å²) in [4.78, 5) is 14.7. The van der Waals surface area contributed by atoms with Crippen molar-refractivity contribution in [3.05, 3.63) is 42.0 Å². The molecule has 142 valence electrons. The van der Waals surface area contributed by atoms with Crippen LogP contribution in [-0.2, 0) is 11.3 Å². The number of ether oxygens (including phenoxy) is 1. The van der Waals surface area contributed by atoms with Gasteiger partial charge < -0.3 is 15.4 Å². The number of amides is 1. The smallest absolute Gasteiger partial charge is 0.227 e. The van der Waals surface area contributed by atoms with E-state index in [9.17, 15) is 4.79 Å². The summed E-state index contributed by atoms with van der Waals surface area (Å²) in [6.45, 7) is 2.62. The molecule has 1 fully saturated rings. The van der Waals surface area contributed by atoms with Crippen molar-refractivity contribution >= 4 is 29.1 Å². The van der Waals surface area contributed by atoms with E-state index in [4.69, 9.17) is 10.5 Å². The zero-order chi connectivity index (χ0) is 18.0. The lowest BCUT2D eigenvalue weighted by atomic mass is 9.74. The average molecular weight is 377 g/mol. The monoisotopic (exact) mass is 376 g/mol. The van der Waals surface area contributed by atoms with Crippen molar-refractivity contribution in [2.45, 2.75) is 44.7 Å². The van der Waals surface area contributed by atoms with Gasteiger partial charge >= 0.3 is 0 Å². The summed E-state index contributed by atoms with van der Waals surface area (Å²) in [7, 11) is 3.55. The fraction of sp³-hybridized carbons (Fsp3) is 0.476. The zero-order valence-corrected chi connectivity index (χ0v) is 16.6. The molecule has 1 saturated carbocycles. The van der Waals surface area contributed by atoms with Gasteiger partial charge in [-0.15, -0.1) is 12.4 Å². The van der Waals surface area contributed by atoms with E-state index in [-0.39, 0.29) is 29.8 Å². The van der Waals surface area contributed by atoms with Crippen LogP contribution in [0.4, 0.5) is 0 Å². The Morgan fingerprint density at radius 3 is 2.62 bits per heavy atom. The minimum absolute atomic E-state index is 0. The second-order valence-electron chi connectivity index (χ2n) is 7.55. The van der Waals surface area contributed by atoms with Gasteiger partial charge in [-0.3, -0.25) is 4.79 Å². The Hall–Kier alpha value is -1.78. The lowest BCUT2D eigenvalue weighted by molar-refractivity contribution is -0.138. The van der Waals surface area contributed by atoms with Crippen molar-refractivity contribution in [1.82, 2.24) is 4.90 Å². The van der Waals surface area contributed by atoms with Crippen LogP contribution in [0.2, 0.25) is 0 Å². The predicted octanol–water partition coefficient (Wildman–Crippen LogP) is 4.14. The first kappa shape index (κ1) is 20.5. The fourth-order valence-electron chi connectivity index (χ4n) is 3.88. The number of methoxy groups -OCH3 is 1. The van der Waals surface area contributed by atoms with E-state index in [2.05, 4.69) is 24.3 Å². The van der Waals surface area contributed by atoms with Gasteiger partial charge in [-0.05, 0) is 54.3 Å². The highest BCUT2D eigenvalue weighted by Crippen LogP contribution is 2.33. The van der Waals surface area contributed by atoms with Gasteiger partial charge in [0.1, 0.15) is 5.75 Å². The third kappa shape index (κ3) is 4.30. The second kappa shape index (κ2) is 8.28. The molecule has 1 amide bonds. The Morgan fingerprint density at radius 2 is 1.92 bits per heavy atom. The molecule has 4 nitrogen and oxygen atoms in total. The second-order valence-corrected chi connectivity index (χ2v) is 7.55. The molecular weight excluding hydrogens is 348 g/mol. The lowest BCUT2D eigenvalue weighted by Gasteiger charge is -2.39. The molecule has 0 aromatic heterocycles. The van der Waals surface area contributed by atoms with Crippen molar-refractivity contribution in [1.29, 1.82) is 0 Å². The first-order chi connectivity index (χ1) is 11.9. The summed E-state index contributed by atoms with van der Waals surface area (Å²) < 4.78 is 5.27. The molecule has 2 aromatic rings. The minimum Gasteiger partial charge on any atom is -0.497 e. The maximum atomic E-state index is 12.9. The molecule has 0 bridgehead atoms. The van der Waals surface area contributed by atoms with E-state index < -0.39 is 0 Å². The van der Waals surface area contributed by atoms with E-state index in [1.807, 2.05) is 31.0 Å². The van der Waals surface area contributed by atoms with E-state index in [1.54, 1.807) is 7.11 Å².